The van der Waals surface area contributed by atoms with Crippen molar-refractivity contribution in [1.82, 2.24) is 0 Å². The Balaban J connectivity index is 1.68. The highest BCUT2D eigenvalue weighted by Crippen LogP contribution is 2.75. The molecule has 1 aromatic carbocycles. The van der Waals surface area contributed by atoms with Crippen LogP contribution in [0, 0.1) is 16.7 Å². The van der Waals surface area contributed by atoms with E-state index >= 15 is 0 Å². The Kier molecular flexibility index (Phi) is 2.69. The van der Waals surface area contributed by atoms with Crippen molar-refractivity contribution >= 4 is 27.5 Å². The molecule has 21 heavy (non-hydrogen) atoms. The van der Waals surface area contributed by atoms with Crippen molar-refractivity contribution in [2.45, 2.75) is 38.7 Å². The highest BCUT2D eigenvalue weighted by molar-refractivity contribution is 9.10. The van der Waals surface area contributed by atoms with Gasteiger partial charge in [0.25, 0.3) is 5.91 Å². The van der Waals surface area contributed by atoms with Crippen LogP contribution in [0.3, 0.4) is 0 Å². The third-order valence-electron chi connectivity index (χ3n) is 6.69. The van der Waals surface area contributed by atoms with Crippen molar-refractivity contribution in [3.8, 4) is 0 Å². The summed E-state index contributed by atoms with van der Waals surface area (Å²) in [6, 6.07) is 7.73. The number of para-hydroxylation sites is 1. The second-order valence-electron chi connectivity index (χ2n) is 7.24. The van der Waals surface area contributed by atoms with Gasteiger partial charge in [0.15, 0.2) is 5.60 Å². The molecule has 2 aliphatic carbocycles. The van der Waals surface area contributed by atoms with Gasteiger partial charge < -0.3 is 10.1 Å². The first-order valence-electron chi connectivity index (χ1n) is 7.63. The summed E-state index contributed by atoms with van der Waals surface area (Å²) in [5, 5.41) is 3.09. The Bertz CT molecular complexity index is 633. The van der Waals surface area contributed by atoms with Gasteiger partial charge >= 0.3 is 0 Å². The summed E-state index contributed by atoms with van der Waals surface area (Å²) in [6.45, 7) is 5.29. The third-order valence-corrected chi connectivity index (χ3v) is 7.38. The van der Waals surface area contributed by atoms with E-state index in [1.807, 2.05) is 24.3 Å². The lowest BCUT2D eigenvalue weighted by molar-refractivity contribution is -0.149. The maximum absolute atomic E-state index is 13.0. The van der Waals surface area contributed by atoms with Crippen LogP contribution in [0.15, 0.2) is 28.7 Å². The van der Waals surface area contributed by atoms with Crippen LogP contribution in [0.2, 0.25) is 0 Å². The number of anilines is 1. The van der Waals surface area contributed by atoms with E-state index in [0.717, 1.165) is 29.6 Å². The molecule has 1 aromatic rings. The number of rotatable bonds is 2. The van der Waals surface area contributed by atoms with Gasteiger partial charge in [-0.25, -0.2) is 0 Å². The highest BCUT2D eigenvalue weighted by atomic mass is 79.9. The molecule has 4 bridgehead atoms. The zero-order valence-corrected chi connectivity index (χ0v) is 14.0. The molecule has 3 aliphatic rings. The van der Waals surface area contributed by atoms with Crippen molar-refractivity contribution in [2.24, 2.45) is 16.7 Å². The number of carbonyl (C=O) groups is 1. The van der Waals surface area contributed by atoms with Gasteiger partial charge in [-0.2, -0.15) is 0 Å². The van der Waals surface area contributed by atoms with Gasteiger partial charge in [-0.15, -0.1) is 0 Å². The molecule has 1 saturated heterocycles. The molecule has 2 saturated carbocycles. The summed E-state index contributed by atoms with van der Waals surface area (Å²) < 4.78 is 7.03. The van der Waals surface area contributed by atoms with E-state index < -0.39 is 5.60 Å². The average Bonchev–Trinajstić information content (AvgIpc) is 2.93. The number of amides is 1. The van der Waals surface area contributed by atoms with Gasteiger partial charge in [0.2, 0.25) is 0 Å². The maximum atomic E-state index is 13.0. The van der Waals surface area contributed by atoms with Gasteiger partial charge in [-0.3, -0.25) is 4.79 Å². The molecule has 0 aromatic heterocycles. The number of hydrogen-bond donors (Lipinski definition) is 1. The maximum Gasteiger partial charge on any atom is 0.257 e. The Morgan fingerprint density at radius 3 is 2.81 bits per heavy atom. The fourth-order valence-corrected chi connectivity index (χ4v) is 5.43. The predicted octanol–water partition coefficient (Wildman–Crippen LogP) is 3.98. The van der Waals surface area contributed by atoms with Crippen molar-refractivity contribution < 1.29 is 9.53 Å². The van der Waals surface area contributed by atoms with E-state index in [4.69, 9.17) is 4.74 Å². The van der Waals surface area contributed by atoms with Crippen LogP contribution in [0.1, 0.15) is 33.1 Å². The fourth-order valence-electron chi connectivity index (χ4n) is 5.04. The number of benzene rings is 1. The Morgan fingerprint density at radius 1 is 1.38 bits per heavy atom. The first kappa shape index (κ1) is 13.8. The topological polar surface area (TPSA) is 38.3 Å². The molecule has 4 rings (SSSR count). The monoisotopic (exact) mass is 349 g/mol. The van der Waals surface area contributed by atoms with E-state index in [9.17, 15) is 4.79 Å². The van der Waals surface area contributed by atoms with Crippen LogP contribution in [0.5, 0.6) is 0 Å². The van der Waals surface area contributed by atoms with Crippen LogP contribution in [0.25, 0.3) is 0 Å². The fraction of sp³-hybridized carbons (Fsp3) is 0.588. The summed E-state index contributed by atoms with van der Waals surface area (Å²) >= 11 is 3.49. The van der Waals surface area contributed by atoms with E-state index in [2.05, 4.69) is 35.1 Å². The normalized spacial score (nSPS) is 43.3. The second-order valence-corrected chi connectivity index (χ2v) is 8.09. The van der Waals surface area contributed by atoms with Crippen LogP contribution < -0.4 is 5.32 Å². The molecule has 1 aliphatic heterocycles. The average molecular weight is 350 g/mol. The zero-order valence-electron chi connectivity index (χ0n) is 12.4. The summed E-state index contributed by atoms with van der Waals surface area (Å²) in [6.07, 6.45) is 3.20. The van der Waals surface area contributed by atoms with Gasteiger partial charge in [0.1, 0.15) is 0 Å². The smallest absolute Gasteiger partial charge is 0.257 e. The molecule has 0 radical (unpaired) electrons. The Morgan fingerprint density at radius 2 is 2.14 bits per heavy atom. The predicted molar refractivity (Wildman–Crippen MR) is 85.0 cm³/mol. The van der Waals surface area contributed by atoms with Crippen molar-refractivity contribution in [1.29, 1.82) is 0 Å². The molecule has 1 amide bonds. The molecule has 4 heteroatoms. The molecule has 1 N–H and O–H groups in total. The lowest BCUT2D eigenvalue weighted by Crippen LogP contribution is -2.52. The summed E-state index contributed by atoms with van der Waals surface area (Å²) in [5.74, 6) is 0.657. The quantitative estimate of drug-likeness (QED) is 0.876. The molecular weight excluding hydrogens is 330 g/mol. The van der Waals surface area contributed by atoms with E-state index in [-0.39, 0.29) is 16.7 Å². The first-order chi connectivity index (χ1) is 9.93. The van der Waals surface area contributed by atoms with Crippen LogP contribution in [-0.2, 0) is 9.53 Å². The molecule has 0 spiro atoms. The SMILES string of the molecule is C[C@@]12CC[C@@H]3C[C@]1(C(=O)Nc1ccccc1Br)OC[C@]32C. The molecular formula is C17H20BrNO2. The lowest BCUT2D eigenvalue weighted by Gasteiger charge is -2.40. The zero-order chi connectivity index (χ0) is 14.9. The van der Waals surface area contributed by atoms with E-state index in [1.54, 1.807) is 0 Å². The minimum absolute atomic E-state index is 0.0304. The molecule has 3 nitrogen and oxygen atoms in total. The van der Waals surface area contributed by atoms with Crippen LogP contribution in [0.4, 0.5) is 5.69 Å². The molecule has 3 fully saturated rings. The van der Waals surface area contributed by atoms with Crippen LogP contribution >= 0.6 is 15.9 Å². The van der Waals surface area contributed by atoms with Crippen molar-refractivity contribution in [3.63, 3.8) is 0 Å². The van der Waals surface area contributed by atoms with Crippen molar-refractivity contribution in [2.75, 3.05) is 11.9 Å². The minimum Gasteiger partial charge on any atom is -0.364 e. The van der Waals surface area contributed by atoms with Crippen molar-refractivity contribution in [3.05, 3.63) is 28.7 Å². The van der Waals surface area contributed by atoms with Gasteiger partial charge in [0.05, 0.1) is 12.3 Å². The van der Waals surface area contributed by atoms with E-state index in [0.29, 0.717) is 5.92 Å². The largest absolute Gasteiger partial charge is 0.364 e. The van der Waals surface area contributed by atoms with Gasteiger partial charge in [0, 0.05) is 15.3 Å². The first-order valence-corrected chi connectivity index (χ1v) is 8.42. The molecule has 112 valence electrons. The Hall–Kier alpha value is -0.870. The second kappa shape index (κ2) is 4.11. The van der Waals surface area contributed by atoms with Gasteiger partial charge in [-0.05, 0) is 53.2 Å². The summed E-state index contributed by atoms with van der Waals surface area (Å²) in [7, 11) is 0. The highest BCUT2D eigenvalue weighted by Gasteiger charge is 2.78. The molecule has 0 unspecified atom stereocenters. The van der Waals surface area contributed by atoms with E-state index in [1.165, 1.54) is 6.42 Å². The minimum atomic E-state index is -0.639. The van der Waals surface area contributed by atoms with Gasteiger partial charge in [-0.1, -0.05) is 26.0 Å². The summed E-state index contributed by atoms with van der Waals surface area (Å²) in [5.41, 5.74) is 0.314. The Labute approximate surface area is 133 Å². The third kappa shape index (κ3) is 1.45. The van der Waals surface area contributed by atoms with Crippen LogP contribution in [-0.4, -0.2) is 18.1 Å². The number of ether oxygens (including phenoxy) is 1. The standard InChI is InChI=1S/C17H20BrNO2/c1-15-10-21-17(9-11(15)7-8-16(15,17)2)14(20)19-13-6-4-3-5-12(13)18/h3-6,11H,7-10H2,1-2H3,(H,19,20)/t11-,15-,16+,17-/m1/s1. The number of halogens is 1. The number of carbonyl (C=O) groups excluding carboxylic acids is 1. The molecule has 1 heterocycles. The number of nitrogens with one attached hydrogen (secondary N) is 1. The summed E-state index contributed by atoms with van der Waals surface area (Å²) in [4.78, 5) is 13.0. The molecule has 4 atom stereocenters. The number of hydrogen-bond acceptors (Lipinski definition) is 2. The lowest BCUT2D eigenvalue weighted by atomic mass is 9.66.